The summed E-state index contributed by atoms with van der Waals surface area (Å²) in [4.78, 5) is 24.7. The van der Waals surface area contributed by atoms with Gasteiger partial charge in [-0.25, -0.2) is 13.8 Å². The lowest BCUT2D eigenvalue weighted by Gasteiger charge is -2.16. The summed E-state index contributed by atoms with van der Waals surface area (Å²) in [5, 5.41) is 20.0. The number of fused-ring (bicyclic) bond motifs is 2. The summed E-state index contributed by atoms with van der Waals surface area (Å²) < 4.78 is 30.0. The number of carboxylic acid groups (broad SMARTS) is 1. The molecule has 0 unspecified atom stereocenters. The number of anilines is 3. The Morgan fingerprint density at radius 3 is 2.74 bits per heavy atom. The summed E-state index contributed by atoms with van der Waals surface area (Å²) in [7, 11) is 0. The predicted octanol–water partition coefficient (Wildman–Crippen LogP) is 4.07. The molecule has 3 aromatic heterocycles. The Morgan fingerprint density at radius 1 is 1.43 bits per heavy atom. The summed E-state index contributed by atoms with van der Waals surface area (Å²) in [6.45, 7) is 3.54. The number of aromatic amines is 1. The molecule has 1 aromatic carbocycles. The van der Waals surface area contributed by atoms with E-state index in [1.54, 1.807) is 29.1 Å². The number of aromatic nitrogens is 4. The average molecular weight is 506 g/mol. The first-order valence-electron chi connectivity index (χ1n) is 10.6. The molecule has 0 aliphatic heterocycles. The fourth-order valence-electron chi connectivity index (χ4n) is 3.80. The maximum absolute atomic E-state index is 15.2. The Balaban J connectivity index is 0.000000917. The zero-order valence-electron chi connectivity index (χ0n) is 18.6. The van der Waals surface area contributed by atoms with Crippen molar-refractivity contribution < 1.29 is 23.5 Å². The van der Waals surface area contributed by atoms with E-state index in [-0.39, 0.29) is 35.5 Å². The van der Waals surface area contributed by atoms with Gasteiger partial charge in [-0.3, -0.25) is 14.7 Å². The van der Waals surface area contributed by atoms with Crippen LogP contribution in [0.25, 0.3) is 27.7 Å². The maximum atomic E-state index is 15.2. The van der Waals surface area contributed by atoms with Crippen molar-refractivity contribution >= 4 is 57.7 Å². The second kappa shape index (κ2) is 9.37. The molecule has 1 saturated carbocycles. The van der Waals surface area contributed by atoms with E-state index in [1.165, 1.54) is 0 Å². The highest BCUT2D eigenvalue weighted by Gasteiger charge is 2.43. The summed E-state index contributed by atoms with van der Waals surface area (Å²) in [6.07, 6.45) is 3.94. The van der Waals surface area contributed by atoms with Gasteiger partial charge in [-0.05, 0) is 26.3 Å². The van der Waals surface area contributed by atoms with Crippen LogP contribution in [0.2, 0.25) is 5.02 Å². The molecule has 1 aliphatic carbocycles. The van der Waals surface area contributed by atoms with Crippen molar-refractivity contribution in [2.24, 2.45) is 5.92 Å². The normalized spacial score (nSPS) is 16.7. The molecule has 0 radical (unpaired) electrons. The molecule has 2 atom stereocenters. The number of nitrogen functional groups attached to an aromatic ring is 1. The SMILES string of the molecule is CC(C)Nc1c(F)c(Cl)c(-c2cc(N)c3nc(NC(=O)[C@@H]4C[C@@H]4F)cn3c2)c2cn[nH]c12.O=CO. The molecule has 1 fully saturated rings. The van der Waals surface area contributed by atoms with E-state index >= 15 is 4.39 Å². The number of benzene rings is 1. The molecule has 0 spiro atoms. The van der Waals surface area contributed by atoms with Crippen molar-refractivity contribution in [1.29, 1.82) is 0 Å². The first kappa shape index (κ1) is 24.2. The van der Waals surface area contributed by atoms with Crippen molar-refractivity contribution in [3.05, 3.63) is 35.5 Å². The number of carbonyl (C=O) groups excluding carboxylic acids is 1. The van der Waals surface area contributed by atoms with Crippen LogP contribution in [0, 0.1) is 11.7 Å². The van der Waals surface area contributed by atoms with Crippen LogP contribution in [-0.4, -0.2) is 49.3 Å². The summed E-state index contributed by atoms with van der Waals surface area (Å²) in [5.41, 5.74) is 8.60. The Labute approximate surface area is 202 Å². The molecule has 4 aromatic rings. The number of halogens is 3. The van der Waals surface area contributed by atoms with Gasteiger partial charge in [-0.15, -0.1) is 0 Å². The molecule has 6 N–H and O–H groups in total. The van der Waals surface area contributed by atoms with Gasteiger partial charge in [0, 0.05) is 28.8 Å². The lowest BCUT2D eigenvalue weighted by molar-refractivity contribution is -0.123. The maximum Gasteiger partial charge on any atom is 0.290 e. The van der Waals surface area contributed by atoms with E-state index in [0.717, 1.165) is 0 Å². The quantitative estimate of drug-likeness (QED) is 0.256. The van der Waals surface area contributed by atoms with Gasteiger partial charge in [-0.2, -0.15) is 5.10 Å². The van der Waals surface area contributed by atoms with Crippen LogP contribution < -0.4 is 16.4 Å². The van der Waals surface area contributed by atoms with Gasteiger partial charge in [0.05, 0.1) is 40.2 Å². The number of amides is 1. The molecule has 1 amide bonds. The largest absolute Gasteiger partial charge is 0.483 e. The molecule has 5 rings (SSSR count). The van der Waals surface area contributed by atoms with E-state index in [4.69, 9.17) is 27.2 Å². The van der Waals surface area contributed by atoms with Gasteiger partial charge < -0.3 is 25.9 Å². The molecular weight excluding hydrogens is 484 g/mol. The zero-order valence-corrected chi connectivity index (χ0v) is 19.4. The number of nitrogens with one attached hydrogen (secondary N) is 3. The van der Waals surface area contributed by atoms with E-state index in [2.05, 4.69) is 25.8 Å². The minimum absolute atomic E-state index is 0.0206. The van der Waals surface area contributed by atoms with Gasteiger partial charge in [0.2, 0.25) is 5.91 Å². The number of H-pyrrole nitrogens is 1. The monoisotopic (exact) mass is 505 g/mol. The Hall–Kier alpha value is -3.93. The molecule has 10 nitrogen and oxygen atoms in total. The van der Waals surface area contributed by atoms with Crippen LogP contribution in [0.5, 0.6) is 0 Å². The number of hydrogen-bond donors (Lipinski definition) is 5. The minimum Gasteiger partial charge on any atom is -0.483 e. The van der Waals surface area contributed by atoms with Gasteiger partial charge in [0.15, 0.2) is 17.3 Å². The second-order valence-electron chi connectivity index (χ2n) is 8.33. The third-order valence-corrected chi connectivity index (χ3v) is 5.75. The standard InChI is InChI=1S/C21H20ClF2N7O.CH2O2/c1-8(2)27-19-17(24)16(22)15(11-5-26-30-18(11)19)9-3-13(25)20-28-14(7-31(20)6-9)29-21(32)10-4-12(10)23;2-1-3/h3,5-8,10,12,27H,4,25H2,1-2H3,(H,26,30)(H,29,32);1H,(H,2,3)/t10-,12+;/m1./s1. The molecule has 1 aliphatic rings. The molecule has 3 heterocycles. The van der Waals surface area contributed by atoms with Crippen molar-refractivity contribution in [2.75, 3.05) is 16.4 Å². The highest BCUT2D eigenvalue weighted by molar-refractivity contribution is 6.36. The third-order valence-electron chi connectivity index (χ3n) is 5.39. The molecule has 184 valence electrons. The van der Waals surface area contributed by atoms with Crippen LogP contribution in [0.1, 0.15) is 20.3 Å². The molecule has 13 heteroatoms. The van der Waals surface area contributed by atoms with E-state index in [1.807, 2.05) is 13.8 Å². The van der Waals surface area contributed by atoms with Crippen LogP contribution in [-0.2, 0) is 9.59 Å². The smallest absolute Gasteiger partial charge is 0.290 e. The Bertz CT molecular complexity index is 1440. The first-order valence-corrected chi connectivity index (χ1v) is 11.0. The Kier molecular flexibility index (Phi) is 6.48. The zero-order chi connectivity index (χ0) is 25.4. The predicted molar refractivity (Wildman–Crippen MR) is 129 cm³/mol. The fraction of sp³-hybridized carbons (Fsp3) is 0.273. The number of rotatable bonds is 5. The topological polar surface area (TPSA) is 150 Å². The first-order chi connectivity index (χ1) is 16.7. The second-order valence-corrected chi connectivity index (χ2v) is 8.71. The van der Waals surface area contributed by atoms with E-state index in [9.17, 15) is 9.18 Å². The number of pyridine rings is 1. The number of carbonyl (C=O) groups is 2. The van der Waals surface area contributed by atoms with E-state index in [0.29, 0.717) is 33.4 Å². The van der Waals surface area contributed by atoms with Crippen LogP contribution >= 0.6 is 11.6 Å². The highest BCUT2D eigenvalue weighted by Crippen LogP contribution is 2.42. The average Bonchev–Trinajstić information content (AvgIpc) is 3.16. The highest BCUT2D eigenvalue weighted by atomic mass is 35.5. The van der Waals surface area contributed by atoms with Crippen molar-refractivity contribution in [1.82, 2.24) is 19.6 Å². The molecule has 0 bridgehead atoms. The minimum atomic E-state index is -1.11. The van der Waals surface area contributed by atoms with Gasteiger partial charge in [0.25, 0.3) is 6.47 Å². The number of hydrogen-bond acceptors (Lipinski definition) is 6. The summed E-state index contributed by atoms with van der Waals surface area (Å²) in [6, 6.07) is 1.61. The summed E-state index contributed by atoms with van der Waals surface area (Å²) in [5.74, 6) is -1.41. The summed E-state index contributed by atoms with van der Waals surface area (Å²) >= 11 is 6.47. The lowest BCUT2D eigenvalue weighted by Crippen LogP contribution is -2.15. The molecular formula is C22H22ClF2N7O3. The van der Waals surface area contributed by atoms with Gasteiger partial charge in [0.1, 0.15) is 6.17 Å². The third kappa shape index (κ3) is 4.56. The molecule has 0 saturated heterocycles. The van der Waals surface area contributed by atoms with E-state index < -0.39 is 23.8 Å². The van der Waals surface area contributed by atoms with Crippen LogP contribution in [0.4, 0.5) is 26.0 Å². The van der Waals surface area contributed by atoms with Gasteiger partial charge >= 0.3 is 0 Å². The fourth-order valence-corrected chi connectivity index (χ4v) is 4.10. The van der Waals surface area contributed by atoms with Crippen LogP contribution in [0.15, 0.2) is 24.7 Å². The number of nitrogens with two attached hydrogens (primary N) is 1. The Morgan fingerprint density at radius 2 is 2.11 bits per heavy atom. The number of alkyl halides is 1. The van der Waals surface area contributed by atoms with Crippen LogP contribution in [0.3, 0.4) is 0 Å². The van der Waals surface area contributed by atoms with Gasteiger partial charge in [-0.1, -0.05) is 11.6 Å². The molecule has 35 heavy (non-hydrogen) atoms. The lowest BCUT2D eigenvalue weighted by atomic mass is 10.0. The number of imidazole rings is 1. The van der Waals surface area contributed by atoms with Crippen molar-refractivity contribution in [2.45, 2.75) is 32.5 Å². The van der Waals surface area contributed by atoms with Crippen molar-refractivity contribution in [3.63, 3.8) is 0 Å². The number of nitrogens with zero attached hydrogens (tertiary/aromatic N) is 3. The van der Waals surface area contributed by atoms with Crippen molar-refractivity contribution in [3.8, 4) is 11.1 Å².